The summed E-state index contributed by atoms with van der Waals surface area (Å²) in [4.78, 5) is 15.6. The number of rotatable bonds is 6. The van der Waals surface area contributed by atoms with Crippen LogP contribution in [-0.2, 0) is 11.2 Å². The number of nitrogens with one attached hydrogen (secondary N) is 2. The minimum atomic E-state index is 0.138. The Bertz CT molecular complexity index is 280. The molecule has 0 bridgehead atoms. The largest absolute Gasteiger partial charge is 0.355 e. The highest BCUT2D eigenvalue weighted by Crippen LogP contribution is 2.06. The van der Waals surface area contributed by atoms with Gasteiger partial charge in [-0.2, -0.15) is 5.10 Å². The Morgan fingerprint density at radius 3 is 2.80 bits per heavy atom. The first-order valence-electron chi connectivity index (χ1n) is 5.39. The van der Waals surface area contributed by atoms with Crippen molar-refractivity contribution in [2.24, 2.45) is 5.92 Å². The Labute approximate surface area is 89.7 Å². The summed E-state index contributed by atoms with van der Waals surface area (Å²) in [6.07, 6.45) is 3.96. The Kier molecular flexibility index (Phi) is 4.80. The van der Waals surface area contributed by atoms with Crippen molar-refractivity contribution < 1.29 is 4.79 Å². The van der Waals surface area contributed by atoms with Gasteiger partial charge in [-0.05, 0) is 12.8 Å². The summed E-state index contributed by atoms with van der Waals surface area (Å²) in [5.41, 5.74) is 0. The molecule has 2 N–H and O–H groups in total. The van der Waals surface area contributed by atoms with Gasteiger partial charge in [0.05, 0.1) is 0 Å². The van der Waals surface area contributed by atoms with E-state index in [2.05, 4.69) is 20.5 Å². The lowest BCUT2D eigenvalue weighted by molar-refractivity contribution is -0.125. The first kappa shape index (κ1) is 11.7. The maximum atomic E-state index is 11.6. The lowest BCUT2D eigenvalue weighted by Crippen LogP contribution is -2.31. The molecule has 1 rings (SSSR count). The average Bonchev–Trinajstić information content (AvgIpc) is 2.72. The standard InChI is InChI=1S/C10H18N4O/c1-3-8(4-2)10(15)11-6-5-9-12-7-13-14-9/h7-8H,3-6H2,1-2H3,(H,11,15)(H,12,13,14). The fraction of sp³-hybridized carbons (Fsp3) is 0.700. The van der Waals surface area contributed by atoms with E-state index in [4.69, 9.17) is 0 Å². The summed E-state index contributed by atoms with van der Waals surface area (Å²) in [6.45, 7) is 4.68. The Hall–Kier alpha value is -1.39. The van der Waals surface area contributed by atoms with E-state index in [1.807, 2.05) is 13.8 Å². The van der Waals surface area contributed by atoms with Crippen molar-refractivity contribution in [1.29, 1.82) is 0 Å². The predicted molar refractivity (Wildman–Crippen MR) is 57.2 cm³/mol. The highest BCUT2D eigenvalue weighted by atomic mass is 16.1. The highest BCUT2D eigenvalue weighted by molar-refractivity contribution is 5.78. The molecule has 0 aliphatic rings. The minimum absolute atomic E-state index is 0.138. The van der Waals surface area contributed by atoms with Crippen molar-refractivity contribution in [3.05, 3.63) is 12.2 Å². The molecule has 1 aromatic rings. The normalized spacial score (nSPS) is 10.6. The second kappa shape index (κ2) is 6.16. The van der Waals surface area contributed by atoms with Gasteiger partial charge in [0, 0.05) is 18.9 Å². The molecule has 0 aliphatic heterocycles. The van der Waals surface area contributed by atoms with Crippen LogP contribution >= 0.6 is 0 Å². The quantitative estimate of drug-likeness (QED) is 0.732. The van der Waals surface area contributed by atoms with Crippen LogP contribution in [0.3, 0.4) is 0 Å². The smallest absolute Gasteiger partial charge is 0.223 e. The van der Waals surface area contributed by atoms with E-state index in [0.29, 0.717) is 13.0 Å². The van der Waals surface area contributed by atoms with Gasteiger partial charge in [-0.1, -0.05) is 13.8 Å². The summed E-state index contributed by atoms with van der Waals surface area (Å²) in [5, 5.41) is 9.39. The van der Waals surface area contributed by atoms with Crippen LogP contribution in [0.2, 0.25) is 0 Å². The van der Waals surface area contributed by atoms with Gasteiger partial charge in [-0.15, -0.1) is 0 Å². The molecule has 0 aromatic carbocycles. The molecule has 84 valence electrons. The van der Waals surface area contributed by atoms with E-state index in [1.165, 1.54) is 6.33 Å². The molecule has 15 heavy (non-hydrogen) atoms. The molecule has 1 heterocycles. The van der Waals surface area contributed by atoms with Crippen LogP contribution < -0.4 is 5.32 Å². The van der Waals surface area contributed by atoms with Gasteiger partial charge in [-0.3, -0.25) is 9.89 Å². The Morgan fingerprint density at radius 1 is 1.53 bits per heavy atom. The molecule has 0 fully saturated rings. The molecule has 0 saturated carbocycles. The summed E-state index contributed by atoms with van der Waals surface area (Å²) in [5.74, 6) is 1.08. The van der Waals surface area contributed by atoms with Crippen LogP contribution in [0.5, 0.6) is 0 Å². The maximum absolute atomic E-state index is 11.6. The van der Waals surface area contributed by atoms with E-state index < -0.39 is 0 Å². The average molecular weight is 210 g/mol. The lowest BCUT2D eigenvalue weighted by Gasteiger charge is -2.11. The number of nitrogens with zero attached hydrogens (tertiary/aromatic N) is 2. The van der Waals surface area contributed by atoms with Crippen molar-refractivity contribution in [3.63, 3.8) is 0 Å². The highest BCUT2D eigenvalue weighted by Gasteiger charge is 2.12. The van der Waals surface area contributed by atoms with Crippen LogP contribution in [0.25, 0.3) is 0 Å². The molecule has 5 heteroatoms. The van der Waals surface area contributed by atoms with E-state index in [1.54, 1.807) is 0 Å². The molecule has 0 atom stereocenters. The van der Waals surface area contributed by atoms with Gasteiger partial charge in [0.1, 0.15) is 12.2 Å². The van der Waals surface area contributed by atoms with E-state index >= 15 is 0 Å². The van der Waals surface area contributed by atoms with Crippen molar-refractivity contribution >= 4 is 5.91 Å². The number of hydrogen-bond acceptors (Lipinski definition) is 3. The molecule has 5 nitrogen and oxygen atoms in total. The molecule has 1 aromatic heterocycles. The number of aromatic nitrogens is 3. The second-order valence-electron chi connectivity index (χ2n) is 3.49. The van der Waals surface area contributed by atoms with Crippen molar-refractivity contribution in [2.75, 3.05) is 6.54 Å². The van der Waals surface area contributed by atoms with E-state index in [-0.39, 0.29) is 11.8 Å². The third-order valence-electron chi connectivity index (χ3n) is 2.48. The fourth-order valence-electron chi connectivity index (χ4n) is 1.46. The van der Waals surface area contributed by atoms with Crippen LogP contribution in [0.1, 0.15) is 32.5 Å². The molecule has 0 saturated heterocycles. The minimum Gasteiger partial charge on any atom is -0.355 e. The molecule has 0 aliphatic carbocycles. The Balaban J connectivity index is 2.22. The zero-order valence-corrected chi connectivity index (χ0v) is 9.29. The third kappa shape index (κ3) is 3.69. The van der Waals surface area contributed by atoms with Gasteiger partial charge in [0.2, 0.25) is 5.91 Å². The topological polar surface area (TPSA) is 70.7 Å². The summed E-state index contributed by atoms with van der Waals surface area (Å²) < 4.78 is 0. The SMILES string of the molecule is CCC(CC)C(=O)NCCc1ncn[nH]1. The van der Waals surface area contributed by atoms with Crippen LogP contribution in [0.4, 0.5) is 0 Å². The summed E-state index contributed by atoms with van der Waals surface area (Å²) >= 11 is 0. The van der Waals surface area contributed by atoms with Gasteiger partial charge in [0.15, 0.2) is 0 Å². The number of amides is 1. The van der Waals surface area contributed by atoms with Crippen LogP contribution in [-0.4, -0.2) is 27.6 Å². The first-order valence-corrected chi connectivity index (χ1v) is 5.39. The van der Waals surface area contributed by atoms with Crippen molar-refractivity contribution in [2.45, 2.75) is 33.1 Å². The number of hydrogen-bond donors (Lipinski definition) is 2. The molecule has 0 spiro atoms. The van der Waals surface area contributed by atoms with Crippen molar-refractivity contribution in [3.8, 4) is 0 Å². The monoisotopic (exact) mass is 210 g/mol. The second-order valence-corrected chi connectivity index (χ2v) is 3.49. The number of aromatic amines is 1. The number of carbonyl (C=O) groups is 1. The van der Waals surface area contributed by atoms with Crippen molar-refractivity contribution in [1.82, 2.24) is 20.5 Å². The summed E-state index contributed by atoms with van der Waals surface area (Å²) in [7, 11) is 0. The van der Waals surface area contributed by atoms with E-state index in [9.17, 15) is 4.79 Å². The molecular formula is C10H18N4O. The zero-order chi connectivity index (χ0) is 11.1. The van der Waals surface area contributed by atoms with Gasteiger partial charge in [-0.25, -0.2) is 4.98 Å². The lowest BCUT2D eigenvalue weighted by atomic mass is 10.0. The molecule has 0 radical (unpaired) electrons. The van der Waals surface area contributed by atoms with Crippen LogP contribution in [0, 0.1) is 5.92 Å². The number of carbonyl (C=O) groups excluding carboxylic acids is 1. The summed E-state index contributed by atoms with van der Waals surface area (Å²) in [6, 6.07) is 0. The molecular weight excluding hydrogens is 192 g/mol. The fourth-order valence-corrected chi connectivity index (χ4v) is 1.46. The molecule has 1 amide bonds. The van der Waals surface area contributed by atoms with Gasteiger partial charge in [0.25, 0.3) is 0 Å². The Morgan fingerprint density at radius 2 is 2.27 bits per heavy atom. The van der Waals surface area contributed by atoms with Gasteiger partial charge < -0.3 is 5.32 Å². The number of H-pyrrole nitrogens is 1. The predicted octanol–water partition coefficient (Wildman–Crippen LogP) is 0.900. The van der Waals surface area contributed by atoms with Gasteiger partial charge >= 0.3 is 0 Å². The molecule has 0 unspecified atom stereocenters. The maximum Gasteiger partial charge on any atom is 0.223 e. The van der Waals surface area contributed by atoms with E-state index in [0.717, 1.165) is 18.7 Å². The third-order valence-corrected chi connectivity index (χ3v) is 2.48. The first-order chi connectivity index (χ1) is 7.27. The zero-order valence-electron chi connectivity index (χ0n) is 9.29. The van der Waals surface area contributed by atoms with Crippen LogP contribution in [0.15, 0.2) is 6.33 Å².